The molecule has 0 radical (unpaired) electrons. The second-order valence-electron chi connectivity index (χ2n) is 16.1. The first-order chi connectivity index (χ1) is 25.7. The van der Waals surface area contributed by atoms with E-state index < -0.39 is 0 Å². The molecule has 3 aromatic rings. The highest BCUT2D eigenvalue weighted by atomic mass is 15.5. The lowest BCUT2D eigenvalue weighted by atomic mass is 9.89. The van der Waals surface area contributed by atoms with Gasteiger partial charge in [0.15, 0.2) is 0 Å². The first-order valence-electron chi connectivity index (χ1n) is 20.1. The van der Waals surface area contributed by atoms with Gasteiger partial charge in [-0.05, 0) is 113 Å². The maximum Gasteiger partial charge on any atom is 0.0869 e. The Morgan fingerprint density at radius 2 is 1.75 bits per heavy atom. The molecule has 0 spiro atoms. The van der Waals surface area contributed by atoms with E-state index in [-0.39, 0.29) is 18.2 Å². The fourth-order valence-corrected chi connectivity index (χ4v) is 10.7. The van der Waals surface area contributed by atoms with Crippen LogP contribution in [0.1, 0.15) is 98.1 Å². The van der Waals surface area contributed by atoms with Crippen molar-refractivity contribution in [3.63, 3.8) is 0 Å². The Labute approximate surface area is 309 Å². The van der Waals surface area contributed by atoms with Gasteiger partial charge < -0.3 is 9.13 Å². The van der Waals surface area contributed by atoms with Crippen LogP contribution in [0.25, 0.3) is 34.8 Å². The molecule has 2 fully saturated rings. The lowest BCUT2D eigenvalue weighted by Crippen LogP contribution is -2.43. The average molecular weight is 685 g/mol. The van der Waals surface area contributed by atoms with Gasteiger partial charge in [-0.2, -0.15) is 0 Å². The van der Waals surface area contributed by atoms with Gasteiger partial charge in [0.25, 0.3) is 0 Å². The van der Waals surface area contributed by atoms with E-state index in [2.05, 4.69) is 136 Å². The SMILES string of the molecule is C=C(CC(/C=C(\C)n1c2c(c3c1CCC=C3)C=CCC=C2)n1c2c(c3ccccc31)CCCC2)C1NC(C2=CCCC=C2)N2C1[C@@H]2C1C=CC=CC1. The topological polar surface area (TPSA) is 24.9 Å². The van der Waals surface area contributed by atoms with Crippen molar-refractivity contribution in [1.82, 2.24) is 19.4 Å². The highest BCUT2D eigenvalue weighted by molar-refractivity contribution is 5.86. The molecule has 52 heavy (non-hydrogen) atoms. The number of nitrogens with one attached hydrogen (secondary N) is 1. The van der Waals surface area contributed by atoms with Crippen molar-refractivity contribution < 1.29 is 0 Å². The summed E-state index contributed by atoms with van der Waals surface area (Å²) >= 11 is 0. The number of fused-ring (bicyclic) bond motifs is 7. The fraction of sp³-hybridized carbons (Fsp3) is 0.375. The number of para-hydroxylation sites is 1. The Morgan fingerprint density at radius 1 is 0.885 bits per heavy atom. The predicted molar refractivity (Wildman–Crippen MR) is 219 cm³/mol. The van der Waals surface area contributed by atoms with Gasteiger partial charge in [-0.15, -0.1) is 0 Å². The molecule has 7 aliphatic rings. The van der Waals surface area contributed by atoms with E-state index in [1.807, 2.05) is 0 Å². The van der Waals surface area contributed by atoms with E-state index >= 15 is 0 Å². The maximum absolute atomic E-state index is 5.00. The zero-order valence-electron chi connectivity index (χ0n) is 30.7. The predicted octanol–water partition coefficient (Wildman–Crippen LogP) is 10.5. The molecular weight excluding hydrogens is 633 g/mol. The Morgan fingerprint density at radius 3 is 2.63 bits per heavy atom. The van der Waals surface area contributed by atoms with Gasteiger partial charge >= 0.3 is 0 Å². The third-order valence-corrected chi connectivity index (χ3v) is 13.0. The van der Waals surface area contributed by atoms with E-state index in [1.54, 1.807) is 11.3 Å². The molecule has 10 rings (SSSR count). The highest BCUT2D eigenvalue weighted by Gasteiger charge is 2.63. The van der Waals surface area contributed by atoms with Crippen molar-refractivity contribution in [2.75, 3.05) is 0 Å². The molecule has 1 N–H and O–H groups in total. The summed E-state index contributed by atoms with van der Waals surface area (Å²) in [5.41, 5.74) is 14.2. The standard InChI is InChI=1S/C48H52N4/c1-32(45-47-46(34-18-6-3-7-19-34)52(47)48(49-45)35-20-8-4-9-21-35)30-36(51-43-28-16-13-24-39(43)40-25-14-17-29-44(40)51)31-33(2)50-41-26-11-5-10-22-37(41)38-23-12-15-27-42(38)50/h3,6-8,10-13,16,18,20-24,26,28,31,34,36,45-49H,1,4-5,9,14-15,17,19,25,27,29-30H2,2H3/b33-31+/t34?,36?,45?,46-,47?,48?,52?/m0/s1. The van der Waals surface area contributed by atoms with Crippen molar-refractivity contribution in [2.45, 2.75) is 108 Å². The van der Waals surface area contributed by atoms with E-state index in [1.165, 1.54) is 69.5 Å². The molecule has 2 aromatic heterocycles. The molecule has 5 aliphatic carbocycles. The van der Waals surface area contributed by atoms with Crippen LogP contribution in [0, 0.1) is 5.92 Å². The number of benzene rings is 1. The van der Waals surface area contributed by atoms with E-state index in [0.29, 0.717) is 18.0 Å². The average Bonchev–Trinajstić information content (AvgIpc) is 3.59. The van der Waals surface area contributed by atoms with Gasteiger partial charge in [-0.1, -0.05) is 103 Å². The minimum Gasteiger partial charge on any atom is -0.337 e. The van der Waals surface area contributed by atoms with Crippen LogP contribution in [-0.4, -0.2) is 38.3 Å². The summed E-state index contributed by atoms with van der Waals surface area (Å²) < 4.78 is 5.35. The number of hydrogen-bond donors (Lipinski definition) is 1. The van der Waals surface area contributed by atoms with E-state index in [9.17, 15) is 0 Å². The summed E-state index contributed by atoms with van der Waals surface area (Å²) in [4.78, 5) is 2.78. The first-order valence-corrected chi connectivity index (χ1v) is 20.1. The minimum absolute atomic E-state index is 0.162. The summed E-state index contributed by atoms with van der Waals surface area (Å²) in [5.74, 6) is 0.563. The highest BCUT2D eigenvalue weighted by Crippen LogP contribution is 2.50. The van der Waals surface area contributed by atoms with Crippen molar-refractivity contribution in [1.29, 1.82) is 0 Å². The molecule has 0 bridgehead atoms. The Kier molecular flexibility index (Phi) is 8.22. The van der Waals surface area contributed by atoms with Gasteiger partial charge in [0.05, 0.1) is 17.9 Å². The van der Waals surface area contributed by atoms with Crippen LogP contribution >= 0.6 is 0 Å². The lowest BCUT2D eigenvalue weighted by Gasteiger charge is -2.29. The molecule has 2 saturated heterocycles. The Bertz CT molecular complexity index is 2180. The number of allylic oxidation sites excluding steroid dienone is 10. The number of rotatable bonds is 8. The van der Waals surface area contributed by atoms with Crippen molar-refractivity contribution in [3.8, 4) is 0 Å². The largest absolute Gasteiger partial charge is 0.337 e. The van der Waals surface area contributed by atoms with Gasteiger partial charge in [0.2, 0.25) is 0 Å². The van der Waals surface area contributed by atoms with Crippen LogP contribution in [0.4, 0.5) is 0 Å². The zero-order chi connectivity index (χ0) is 34.8. The zero-order valence-corrected chi connectivity index (χ0v) is 30.7. The van der Waals surface area contributed by atoms with Crippen molar-refractivity contribution >= 4 is 34.8 Å². The first kappa shape index (κ1) is 32.3. The molecule has 4 nitrogen and oxygen atoms in total. The van der Waals surface area contributed by atoms with Crippen LogP contribution in [0.15, 0.2) is 109 Å². The quantitative estimate of drug-likeness (QED) is 0.189. The minimum atomic E-state index is 0.162. The third-order valence-electron chi connectivity index (χ3n) is 13.0. The number of aryl methyl sites for hydroxylation is 1. The van der Waals surface area contributed by atoms with Crippen molar-refractivity contribution in [3.05, 3.63) is 143 Å². The molecule has 0 amide bonds. The normalized spacial score (nSPS) is 29.0. The van der Waals surface area contributed by atoms with Gasteiger partial charge in [-0.25, -0.2) is 0 Å². The molecular formula is C48H52N4. The molecule has 2 aliphatic heterocycles. The molecule has 264 valence electrons. The maximum atomic E-state index is 5.00. The molecule has 4 heterocycles. The van der Waals surface area contributed by atoms with Crippen LogP contribution in [0.2, 0.25) is 0 Å². The lowest BCUT2D eigenvalue weighted by molar-refractivity contribution is 0.360. The monoisotopic (exact) mass is 684 g/mol. The number of nitrogens with zero attached hydrogens (tertiary/aromatic N) is 3. The summed E-state index contributed by atoms with van der Waals surface area (Å²) in [6.07, 6.45) is 45.8. The molecule has 7 atom stereocenters. The molecule has 4 heteroatoms. The van der Waals surface area contributed by atoms with E-state index in [4.69, 9.17) is 6.58 Å². The summed E-state index contributed by atoms with van der Waals surface area (Å²) in [7, 11) is 0. The molecule has 1 aromatic carbocycles. The smallest absolute Gasteiger partial charge is 0.0869 e. The number of aromatic nitrogens is 2. The second kappa shape index (κ2) is 13.2. The van der Waals surface area contributed by atoms with E-state index in [0.717, 1.165) is 51.4 Å². The van der Waals surface area contributed by atoms with Crippen LogP contribution in [0.5, 0.6) is 0 Å². The number of hydrogen-bond acceptors (Lipinski definition) is 2. The molecule has 6 unspecified atom stereocenters. The second-order valence-corrected chi connectivity index (χ2v) is 16.1. The van der Waals surface area contributed by atoms with Gasteiger partial charge in [0.1, 0.15) is 0 Å². The van der Waals surface area contributed by atoms with Crippen LogP contribution in [0.3, 0.4) is 0 Å². The van der Waals surface area contributed by atoms with Crippen LogP contribution in [-0.2, 0) is 19.3 Å². The Balaban J connectivity index is 1.07. The van der Waals surface area contributed by atoms with Gasteiger partial charge in [-0.3, -0.25) is 10.2 Å². The van der Waals surface area contributed by atoms with Gasteiger partial charge in [0, 0.05) is 57.2 Å². The summed E-state index contributed by atoms with van der Waals surface area (Å²) in [6, 6.07) is 10.7. The van der Waals surface area contributed by atoms with Crippen LogP contribution < -0.4 is 5.32 Å². The third kappa shape index (κ3) is 5.32. The fourth-order valence-electron chi connectivity index (χ4n) is 10.7. The Hall–Kier alpha value is -4.38. The van der Waals surface area contributed by atoms with Crippen molar-refractivity contribution in [2.24, 2.45) is 5.92 Å². The summed E-state index contributed by atoms with van der Waals surface area (Å²) in [5, 5.41) is 5.60. The summed E-state index contributed by atoms with van der Waals surface area (Å²) in [6.45, 7) is 7.36. The molecule has 0 saturated carbocycles.